The molecule has 2 aromatic carbocycles. The van der Waals surface area contributed by atoms with Crippen LogP contribution in [0.25, 0.3) is 0 Å². The van der Waals surface area contributed by atoms with Crippen molar-refractivity contribution in [2.24, 2.45) is 0 Å². The van der Waals surface area contributed by atoms with E-state index in [0.29, 0.717) is 5.02 Å². The van der Waals surface area contributed by atoms with E-state index in [1.807, 2.05) is 24.3 Å². The van der Waals surface area contributed by atoms with Gasteiger partial charge in [-0.25, -0.2) is 13.1 Å². The maximum Gasteiger partial charge on any atom is 0.243 e. The second-order valence-corrected chi connectivity index (χ2v) is 7.61. The molecule has 0 saturated heterocycles. The topological polar surface area (TPSA) is 72.2 Å². The third-order valence-corrected chi connectivity index (χ3v) is 5.33. The molecule has 0 aliphatic heterocycles. The largest absolute Gasteiger partial charge is 0.398 e. The van der Waals surface area contributed by atoms with Crippen molar-refractivity contribution in [3.8, 4) is 0 Å². The van der Waals surface area contributed by atoms with E-state index in [2.05, 4.69) is 20.7 Å². The zero-order valence-electron chi connectivity index (χ0n) is 11.2. The molecular formula is C14H14BrClN2O2S. The minimum Gasteiger partial charge on any atom is -0.398 e. The second kappa shape index (κ2) is 6.36. The van der Waals surface area contributed by atoms with Gasteiger partial charge in [0.1, 0.15) is 4.90 Å². The summed E-state index contributed by atoms with van der Waals surface area (Å²) in [6, 6.07) is 11.4. The van der Waals surface area contributed by atoms with E-state index in [-0.39, 0.29) is 16.6 Å². The summed E-state index contributed by atoms with van der Waals surface area (Å²) >= 11 is 9.18. The lowest BCUT2D eigenvalue weighted by atomic mass is 10.1. The summed E-state index contributed by atoms with van der Waals surface area (Å²) in [5.74, 6) is 0. The van der Waals surface area contributed by atoms with Gasteiger partial charge in [0.05, 0.1) is 5.69 Å². The molecule has 1 atom stereocenters. The van der Waals surface area contributed by atoms with Gasteiger partial charge in [-0.2, -0.15) is 0 Å². The van der Waals surface area contributed by atoms with Gasteiger partial charge in [0.25, 0.3) is 0 Å². The minimum absolute atomic E-state index is 0.0149. The Morgan fingerprint density at radius 2 is 1.81 bits per heavy atom. The highest BCUT2D eigenvalue weighted by Gasteiger charge is 2.21. The summed E-state index contributed by atoms with van der Waals surface area (Å²) in [5, 5.41) is 0.320. The molecule has 0 aliphatic rings. The van der Waals surface area contributed by atoms with Crippen LogP contribution in [0, 0.1) is 0 Å². The highest BCUT2D eigenvalue weighted by atomic mass is 79.9. The molecule has 0 heterocycles. The van der Waals surface area contributed by atoms with Crippen molar-refractivity contribution in [1.82, 2.24) is 4.72 Å². The molecule has 7 heteroatoms. The number of sulfonamides is 1. The number of hydrogen-bond acceptors (Lipinski definition) is 3. The second-order valence-electron chi connectivity index (χ2n) is 4.58. The van der Waals surface area contributed by atoms with Crippen LogP contribution in [-0.2, 0) is 10.0 Å². The van der Waals surface area contributed by atoms with Gasteiger partial charge in [0.2, 0.25) is 10.0 Å². The molecule has 2 rings (SSSR count). The lowest BCUT2D eigenvalue weighted by molar-refractivity contribution is 0.567. The molecule has 0 radical (unpaired) electrons. The highest BCUT2D eigenvalue weighted by Crippen LogP contribution is 2.25. The van der Waals surface area contributed by atoms with Crippen molar-refractivity contribution in [2.75, 3.05) is 5.73 Å². The van der Waals surface area contributed by atoms with Gasteiger partial charge >= 0.3 is 0 Å². The normalized spacial score (nSPS) is 13.1. The van der Waals surface area contributed by atoms with Gasteiger partial charge in [-0.15, -0.1) is 0 Å². The van der Waals surface area contributed by atoms with Crippen LogP contribution in [0.1, 0.15) is 18.5 Å². The molecule has 3 N–H and O–H groups in total. The van der Waals surface area contributed by atoms with E-state index in [0.717, 1.165) is 10.0 Å². The van der Waals surface area contributed by atoms with Crippen LogP contribution in [0.4, 0.5) is 5.69 Å². The molecular weight excluding hydrogens is 376 g/mol. The van der Waals surface area contributed by atoms with E-state index >= 15 is 0 Å². The van der Waals surface area contributed by atoms with Gasteiger partial charge in [-0.1, -0.05) is 39.7 Å². The molecule has 0 saturated carbocycles. The van der Waals surface area contributed by atoms with Crippen molar-refractivity contribution >= 4 is 43.2 Å². The fourth-order valence-electron chi connectivity index (χ4n) is 1.86. The number of rotatable bonds is 4. The quantitative estimate of drug-likeness (QED) is 0.783. The highest BCUT2D eigenvalue weighted by molar-refractivity contribution is 9.10. The predicted octanol–water partition coefficient (Wildman–Crippen LogP) is 3.72. The average Bonchev–Trinajstić information content (AvgIpc) is 2.41. The summed E-state index contributed by atoms with van der Waals surface area (Å²) in [4.78, 5) is -0.0149. The number of anilines is 1. The molecule has 0 bridgehead atoms. The maximum atomic E-state index is 12.4. The third-order valence-electron chi connectivity index (χ3n) is 2.97. The molecule has 0 amide bonds. The molecule has 4 nitrogen and oxygen atoms in total. The molecule has 0 unspecified atom stereocenters. The van der Waals surface area contributed by atoms with Crippen LogP contribution in [0.15, 0.2) is 51.8 Å². The summed E-state index contributed by atoms with van der Waals surface area (Å²) in [6.07, 6.45) is 0. The molecule has 0 aromatic heterocycles. The Morgan fingerprint density at radius 3 is 2.43 bits per heavy atom. The van der Waals surface area contributed by atoms with Crippen molar-refractivity contribution in [1.29, 1.82) is 0 Å². The number of benzene rings is 2. The Morgan fingerprint density at radius 1 is 1.19 bits per heavy atom. The molecule has 0 aliphatic carbocycles. The van der Waals surface area contributed by atoms with Crippen molar-refractivity contribution in [2.45, 2.75) is 17.9 Å². The molecule has 21 heavy (non-hydrogen) atoms. The summed E-state index contributed by atoms with van der Waals surface area (Å²) in [6.45, 7) is 1.77. The minimum atomic E-state index is -3.74. The van der Waals surface area contributed by atoms with Crippen LogP contribution >= 0.6 is 27.5 Å². The Balaban J connectivity index is 2.28. The summed E-state index contributed by atoms with van der Waals surface area (Å²) in [5.41, 5.74) is 6.74. The molecule has 0 spiro atoms. The first-order valence-electron chi connectivity index (χ1n) is 6.12. The first-order valence-corrected chi connectivity index (χ1v) is 8.78. The van der Waals surface area contributed by atoms with E-state index in [1.54, 1.807) is 13.0 Å². The monoisotopic (exact) mass is 388 g/mol. The fraction of sp³-hybridized carbons (Fsp3) is 0.143. The zero-order chi connectivity index (χ0) is 15.6. The summed E-state index contributed by atoms with van der Waals surface area (Å²) in [7, 11) is -3.74. The number of nitrogen functional groups attached to an aromatic ring is 1. The van der Waals surface area contributed by atoms with E-state index in [1.165, 1.54) is 12.1 Å². The zero-order valence-corrected chi connectivity index (χ0v) is 14.3. The van der Waals surface area contributed by atoms with Crippen LogP contribution in [0.3, 0.4) is 0 Å². The van der Waals surface area contributed by atoms with Crippen LogP contribution in [0.2, 0.25) is 5.02 Å². The Bertz CT molecular complexity index is 748. The Kier molecular flexibility index (Phi) is 4.93. The van der Waals surface area contributed by atoms with Crippen molar-refractivity contribution < 1.29 is 8.42 Å². The summed E-state index contributed by atoms with van der Waals surface area (Å²) < 4.78 is 28.3. The van der Waals surface area contributed by atoms with Crippen LogP contribution in [-0.4, -0.2) is 8.42 Å². The van der Waals surface area contributed by atoms with E-state index in [9.17, 15) is 8.42 Å². The van der Waals surface area contributed by atoms with Gasteiger partial charge < -0.3 is 5.73 Å². The lowest BCUT2D eigenvalue weighted by Crippen LogP contribution is -2.27. The van der Waals surface area contributed by atoms with Crippen molar-refractivity contribution in [3.05, 3.63) is 57.5 Å². The Hall–Kier alpha value is -1.08. The first-order chi connectivity index (χ1) is 9.79. The smallest absolute Gasteiger partial charge is 0.243 e. The van der Waals surface area contributed by atoms with Gasteiger partial charge in [0.15, 0.2) is 0 Å². The fourth-order valence-corrected chi connectivity index (χ4v) is 3.75. The van der Waals surface area contributed by atoms with Crippen molar-refractivity contribution in [3.63, 3.8) is 0 Å². The van der Waals surface area contributed by atoms with Crippen LogP contribution < -0.4 is 10.5 Å². The number of nitrogens with one attached hydrogen (secondary N) is 1. The molecule has 112 valence electrons. The van der Waals surface area contributed by atoms with Gasteiger partial charge in [-0.3, -0.25) is 0 Å². The number of nitrogens with two attached hydrogens (primary N) is 1. The Labute approximate surface area is 137 Å². The third kappa shape index (κ3) is 3.97. The molecule has 2 aromatic rings. The van der Waals surface area contributed by atoms with Gasteiger partial charge in [0, 0.05) is 15.5 Å². The lowest BCUT2D eigenvalue weighted by Gasteiger charge is -2.16. The van der Waals surface area contributed by atoms with E-state index in [4.69, 9.17) is 17.3 Å². The SMILES string of the molecule is C[C@H](NS(=O)(=O)c1cc(Cl)ccc1N)c1ccc(Br)cc1. The maximum absolute atomic E-state index is 12.4. The van der Waals surface area contributed by atoms with E-state index < -0.39 is 10.0 Å². The number of hydrogen-bond donors (Lipinski definition) is 2. The number of halogens is 2. The average molecular weight is 390 g/mol. The first kappa shape index (κ1) is 16.3. The molecule has 0 fully saturated rings. The standard InChI is InChI=1S/C14H14BrClN2O2S/c1-9(10-2-4-11(15)5-3-10)18-21(19,20)14-8-12(16)6-7-13(14)17/h2-9,18H,17H2,1H3/t9-/m0/s1. The van der Waals surface area contributed by atoms with Crippen LogP contribution in [0.5, 0.6) is 0 Å². The van der Waals surface area contributed by atoms with Gasteiger partial charge in [-0.05, 0) is 42.8 Å². The predicted molar refractivity (Wildman–Crippen MR) is 88.7 cm³/mol.